The van der Waals surface area contributed by atoms with Crippen LogP contribution in [-0.4, -0.2) is 20.1 Å². The van der Waals surface area contributed by atoms with E-state index in [1.807, 2.05) is 37.3 Å². The largest absolute Gasteiger partial charge is 0.399 e. The predicted molar refractivity (Wildman–Crippen MR) is 153 cm³/mol. The third-order valence-electron chi connectivity index (χ3n) is 5.88. The van der Waals surface area contributed by atoms with E-state index in [0.29, 0.717) is 27.8 Å². The lowest BCUT2D eigenvalue weighted by Crippen LogP contribution is -2.19. The Balaban J connectivity index is 1.68. The predicted octanol–water partition coefficient (Wildman–Crippen LogP) is 6.76. The topological polar surface area (TPSA) is 97.0 Å². The summed E-state index contributed by atoms with van der Waals surface area (Å²) in [6.07, 6.45) is 10.4. The number of aromatic nitrogens is 3. The molecule has 0 amide bonds. The number of fused-ring (bicyclic) bond motifs is 1. The Morgan fingerprint density at radius 2 is 1.84 bits per heavy atom. The minimum absolute atomic E-state index is 0.193. The number of nitrogens with zero attached hydrogens (tertiary/aromatic N) is 3. The molecular formula is C30H29ClFN5O. The van der Waals surface area contributed by atoms with Crippen molar-refractivity contribution < 1.29 is 9.50 Å². The Hall–Kier alpha value is -4.07. The highest BCUT2D eigenvalue weighted by Gasteiger charge is 2.19. The molecule has 0 fully saturated rings. The summed E-state index contributed by atoms with van der Waals surface area (Å²) < 4.78 is 14.8. The average molecular weight is 530 g/mol. The van der Waals surface area contributed by atoms with Crippen molar-refractivity contribution in [2.75, 3.05) is 5.32 Å². The van der Waals surface area contributed by atoms with E-state index in [4.69, 9.17) is 17.3 Å². The molecule has 0 spiro atoms. The van der Waals surface area contributed by atoms with Crippen LogP contribution in [0.1, 0.15) is 37.7 Å². The van der Waals surface area contributed by atoms with E-state index in [2.05, 4.69) is 26.8 Å². The number of anilines is 1. The molecule has 4 aromatic rings. The minimum atomic E-state index is -1.13. The van der Waals surface area contributed by atoms with Crippen LogP contribution in [-0.2, 0) is 12.1 Å². The monoisotopic (exact) mass is 529 g/mol. The summed E-state index contributed by atoms with van der Waals surface area (Å²) in [5, 5.41) is 14.6. The van der Waals surface area contributed by atoms with Gasteiger partial charge in [-0.1, -0.05) is 42.5 Å². The van der Waals surface area contributed by atoms with Gasteiger partial charge in [0.15, 0.2) is 5.82 Å². The van der Waals surface area contributed by atoms with Crippen LogP contribution in [0.25, 0.3) is 27.6 Å². The Bertz CT molecular complexity index is 1560. The molecule has 0 radical (unpaired) electrons. The van der Waals surface area contributed by atoms with Crippen molar-refractivity contribution in [1.82, 2.24) is 15.0 Å². The molecule has 0 saturated carbocycles. The molecule has 0 aliphatic rings. The van der Waals surface area contributed by atoms with Crippen LogP contribution in [0.4, 0.5) is 10.1 Å². The van der Waals surface area contributed by atoms with E-state index in [1.165, 1.54) is 6.07 Å². The van der Waals surface area contributed by atoms with Gasteiger partial charge in [0.05, 0.1) is 16.2 Å². The van der Waals surface area contributed by atoms with E-state index in [1.54, 1.807) is 50.6 Å². The van der Waals surface area contributed by atoms with Crippen molar-refractivity contribution in [3.05, 3.63) is 113 Å². The number of rotatable bonds is 8. The van der Waals surface area contributed by atoms with Crippen molar-refractivity contribution in [1.29, 1.82) is 0 Å². The highest BCUT2D eigenvalue weighted by molar-refractivity contribution is 6.34. The number of benzene rings is 2. The fraction of sp³-hybridized carbons (Fsp3) is 0.167. The van der Waals surface area contributed by atoms with Crippen molar-refractivity contribution in [3.8, 4) is 11.1 Å². The molecular weight excluding hydrogens is 501 g/mol. The van der Waals surface area contributed by atoms with E-state index in [9.17, 15) is 9.50 Å². The van der Waals surface area contributed by atoms with Gasteiger partial charge in [-0.25, -0.2) is 14.4 Å². The van der Waals surface area contributed by atoms with Crippen molar-refractivity contribution >= 4 is 33.8 Å². The van der Waals surface area contributed by atoms with Crippen LogP contribution >= 0.6 is 11.6 Å². The van der Waals surface area contributed by atoms with Gasteiger partial charge in [-0.2, -0.15) is 0 Å². The Kier molecular flexibility index (Phi) is 7.90. The second kappa shape index (κ2) is 11.1. The number of halogens is 2. The Labute approximate surface area is 226 Å². The normalized spacial score (nSPS) is 12.3. The number of allylic oxidation sites excluding steroid dienone is 4. The maximum Gasteiger partial charge on any atom is 0.159 e. The second-order valence-electron chi connectivity index (χ2n) is 9.40. The van der Waals surface area contributed by atoms with Gasteiger partial charge < -0.3 is 16.2 Å². The lowest BCUT2D eigenvalue weighted by Gasteiger charge is -2.16. The standard InChI is InChI=1S/C30H29ClFN5O/c1-5-6-19(11-18(2)33)20-7-9-26(32)22(12-20)14-35-28-24-13-21(8-10-27(24)34-17-25(28)31)23-15-36-29(37-16-23)30(3,4)38/h5-13,15-17,38H,2,14,33H2,1,3-4H3,(H,34,35)/b6-5-,19-11+. The molecule has 0 aliphatic heterocycles. The first-order valence-electron chi connectivity index (χ1n) is 12.0. The molecule has 38 heavy (non-hydrogen) atoms. The summed E-state index contributed by atoms with van der Waals surface area (Å²) in [7, 11) is 0. The van der Waals surface area contributed by atoms with Gasteiger partial charge in [-0.05, 0) is 67.8 Å². The quantitative estimate of drug-likeness (QED) is 0.218. The SMILES string of the molecule is C=C(N)/C=C(\C=C/C)c1ccc(F)c(CNc2c(Cl)cnc3ccc(-c4cnc(C(C)(C)O)nc4)cc23)c1. The fourth-order valence-corrected chi connectivity index (χ4v) is 4.22. The molecule has 4 rings (SSSR count). The highest BCUT2D eigenvalue weighted by atomic mass is 35.5. The van der Waals surface area contributed by atoms with Gasteiger partial charge in [-0.3, -0.25) is 4.98 Å². The van der Waals surface area contributed by atoms with E-state index < -0.39 is 5.60 Å². The number of nitrogens with two attached hydrogens (primary N) is 1. The van der Waals surface area contributed by atoms with Crippen molar-refractivity contribution in [2.24, 2.45) is 5.73 Å². The summed E-state index contributed by atoms with van der Waals surface area (Å²) in [6, 6.07) is 10.7. The van der Waals surface area contributed by atoms with Crippen LogP contribution in [0.2, 0.25) is 5.02 Å². The molecule has 2 heterocycles. The smallest absolute Gasteiger partial charge is 0.159 e. The number of hydrogen-bond acceptors (Lipinski definition) is 6. The summed E-state index contributed by atoms with van der Waals surface area (Å²) in [5.41, 5.74) is 10.2. The van der Waals surface area contributed by atoms with Crippen molar-refractivity contribution in [3.63, 3.8) is 0 Å². The molecule has 0 atom stereocenters. The third-order valence-corrected chi connectivity index (χ3v) is 6.16. The van der Waals surface area contributed by atoms with Gasteiger partial charge >= 0.3 is 0 Å². The van der Waals surface area contributed by atoms with Gasteiger partial charge in [-0.15, -0.1) is 0 Å². The van der Waals surface area contributed by atoms with E-state index >= 15 is 0 Å². The van der Waals surface area contributed by atoms with Gasteiger partial charge in [0, 0.05) is 47.3 Å². The zero-order valence-corrected chi connectivity index (χ0v) is 22.2. The average Bonchev–Trinajstić information content (AvgIpc) is 2.88. The lowest BCUT2D eigenvalue weighted by molar-refractivity contribution is 0.0687. The first-order chi connectivity index (χ1) is 18.1. The van der Waals surface area contributed by atoms with Gasteiger partial charge in [0.1, 0.15) is 11.4 Å². The van der Waals surface area contributed by atoms with Crippen LogP contribution in [0.5, 0.6) is 0 Å². The molecule has 6 nitrogen and oxygen atoms in total. The molecule has 0 bridgehead atoms. The highest BCUT2D eigenvalue weighted by Crippen LogP contribution is 2.33. The first-order valence-corrected chi connectivity index (χ1v) is 12.4. The number of nitrogens with one attached hydrogen (secondary N) is 1. The summed E-state index contributed by atoms with van der Waals surface area (Å²) >= 11 is 6.55. The molecule has 8 heteroatoms. The van der Waals surface area contributed by atoms with Crippen LogP contribution < -0.4 is 11.1 Å². The molecule has 0 unspecified atom stereocenters. The van der Waals surface area contributed by atoms with Gasteiger partial charge in [0.2, 0.25) is 0 Å². The van der Waals surface area contributed by atoms with E-state index in [-0.39, 0.29) is 12.4 Å². The maximum atomic E-state index is 14.8. The van der Waals surface area contributed by atoms with Crippen molar-refractivity contribution in [2.45, 2.75) is 32.9 Å². The lowest BCUT2D eigenvalue weighted by atomic mass is 10.0. The van der Waals surface area contributed by atoms with E-state index in [0.717, 1.165) is 33.2 Å². The number of aliphatic hydroxyl groups is 1. The molecule has 2 aromatic carbocycles. The second-order valence-corrected chi connectivity index (χ2v) is 9.81. The fourth-order valence-electron chi connectivity index (χ4n) is 4.00. The third kappa shape index (κ3) is 6.07. The summed E-state index contributed by atoms with van der Waals surface area (Å²) in [5.74, 6) is -0.00607. The van der Waals surface area contributed by atoms with Crippen LogP contribution in [0.15, 0.2) is 85.5 Å². The van der Waals surface area contributed by atoms with Crippen LogP contribution in [0, 0.1) is 5.82 Å². The molecule has 0 aliphatic carbocycles. The molecule has 2 aromatic heterocycles. The zero-order chi connectivity index (χ0) is 27.4. The zero-order valence-electron chi connectivity index (χ0n) is 21.5. The maximum absolute atomic E-state index is 14.8. The first kappa shape index (κ1) is 27.0. The van der Waals surface area contributed by atoms with Crippen LogP contribution in [0.3, 0.4) is 0 Å². The number of hydrogen-bond donors (Lipinski definition) is 3. The summed E-state index contributed by atoms with van der Waals surface area (Å²) in [4.78, 5) is 13.0. The molecule has 0 saturated heterocycles. The Morgan fingerprint density at radius 3 is 2.50 bits per heavy atom. The molecule has 194 valence electrons. The summed E-state index contributed by atoms with van der Waals surface area (Å²) in [6.45, 7) is 9.10. The Morgan fingerprint density at radius 1 is 1.11 bits per heavy atom. The minimum Gasteiger partial charge on any atom is -0.399 e. The van der Waals surface area contributed by atoms with Gasteiger partial charge in [0.25, 0.3) is 0 Å². The molecule has 4 N–H and O–H groups in total. The number of pyridine rings is 1.